The summed E-state index contributed by atoms with van der Waals surface area (Å²) in [6, 6.07) is 12.6. The minimum atomic E-state index is -0.616. The summed E-state index contributed by atoms with van der Waals surface area (Å²) >= 11 is 0. The molecule has 6 heteroatoms. The number of amides is 1. The van der Waals surface area contributed by atoms with Gasteiger partial charge in [-0.2, -0.15) is 0 Å². The maximum Gasteiger partial charge on any atom is 0.344 e. The average molecular weight is 357 g/mol. The number of esters is 1. The van der Waals surface area contributed by atoms with Crippen molar-refractivity contribution in [1.29, 1.82) is 0 Å². The van der Waals surface area contributed by atoms with Crippen molar-refractivity contribution in [3.05, 3.63) is 53.6 Å². The van der Waals surface area contributed by atoms with Crippen LogP contribution in [0.15, 0.2) is 42.5 Å². The number of carbonyl (C=O) groups is 2. The van der Waals surface area contributed by atoms with Crippen molar-refractivity contribution in [1.82, 2.24) is 0 Å². The summed E-state index contributed by atoms with van der Waals surface area (Å²) in [7, 11) is 0. The van der Waals surface area contributed by atoms with Crippen molar-refractivity contribution in [3.8, 4) is 11.5 Å². The second-order valence-electron chi connectivity index (χ2n) is 5.78. The molecule has 0 saturated heterocycles. The number of nitrogens with one attached hydrogen (secondary N) is 1. The zero-order valence-corrected chi connectivity index (χ0v) is 15.2. The summed E-state index contributed by atoms with van der Waals surface area (Å²) < 4.78 is 15.6. The Bertz CT molecular complexity index is 735. The van der Waals surface area contributed by atoms with Gasteiger partial charge in [-0.3, -0.25) is 4.79 Å². The number of benzene rings is 2. The van der Waals surface area contributed by atoms with E-state index >= 15 is 0 Å². The first-order valence-electron chi connectivity index (χ1n) is 8.35. The van der Waals surface area contributed by atoms with Crippen LogP contribution in [-0.2, 0) is 14.3 Å². The highest BCUT2D eigenvalue weighted by Gasteiger charge is 2.09. The fraction of sp³-hybridized carbons (Fsp3) is 0.300. The van der Waals surface area contributed by atoms with Gasteiger partial charge in [-0.1, -0.05) is 6.07 Å². The van der Waals surface area contributed by atoms with Crippen LogP contribution in [0.1, 0.15) is 18.1 Å². The highest BCUT2D eigenvalue weighted by Crippen LogP contribution is 2.17. The van der Waals surface area contributed by atoms with Gasteiger partial charge >= 0.3 is 5.97 Å². The van der Waals surface area contributed by atoms with Gasteiger partial charge in [0, 0.05) is 5.69 Å². The van der Waals surface area contributed by atoms with E-state index in [1.165, 1.54) is 0 Å². The molecule has 6 nitrogen and oxygen atoms in total. The molecule has 0 saturated carbocycles. The van der Waals surface area contributed by atoms with Crippen LogP contribution < -0.4 is 14.8 Å². The van der Waals surface area contributed by atoms with Crippen molar-refractivity contribution < 1.29 is 23.8 Å². The summed E-state index contributed by atoms with van der Waals surface area (Å²) in [6.45, 7) is 5.73. The Morgan fingerprint density at radius 3 is 2.04 bits per heavy atom. The second kappa shape index (κ2) is 9.46. The summed E-state index contributed by atoms with van der Waals surface area (Å²) in [5.74, 6) is 0.231. The van der Waals surface area contributed by atoms with Gasteiger partial charge in [-0.15, -0.1) is 0 Å². The number of hydrogen-bond acceptors (Lipinski definition) is 5. The lowest BCUT2D eigenvalue weighted by Gasteiger charge is -2.09. The Hall–Kier alpha value is -3.02. The molecule has 2 aromatic carbocycles. The zero-order chi connectivity index (χ0) is 18.9. The van der Waals surface area contributed by atoms with Crippen molar-refractivity contribution in [2.45, 2.75) is 20.8 Å². The van der Waals surface area contributed by atoms with Crippen LogP contribution in [0.2, 0.25) is 0 Å². The molecule has 0 atom stereocenters. The first kappa shape index (κ1) is 19.3. The molecule has 0 aliphatic carbocycles. The topological polar surface area (TPSA) is 73.9 Å². The molecule has 2 aromatic rings. The largest absolute Gasteiger partial charge is 0.494 e. The highest BCUT2D eigenvalue weighted by atomic mass is 16.6. The van der Waals surface area contributed by atoms with Crippen LogP contribution in [0.4, 0.5) is 5.69 Å². The quantitative estimate of drug-likeness (QED) is 0.734. The molecule has 2 rings (SSSR count). The maximum atomic E-state index is 11.9. The predicted octanol–water partition coefficient (Wildman–Crippen LogP) is 3.26. The van der Waals surface area contributed by atoms with E-state index in [-0.39, 0.29) is 13.2 Å². The molecular weight excluding hydrogens is 334 g/mol. The van der Waals surface area contributed by atoms with Crippen LogP contribution in [0.25, 0.3) is 0 Å². The fourth-order valence-corrected chi connectivity index (χ4v) is 2.37. The van der Waals surface area contributed by atoms with E-state index in [0.29, 0.717) is 18.0 Å². The Labute approximate surface area is 153 Å². The van der Waals surface area contributed by atoms with Crippen LogP contribution in [0.5, 0.6) is 11.5 Å². The minimum Gasteiger partial charge on any atom is -0.494 e. The minimum absolute atomic E-state index is 0.273. The summed E-state index contributed by atoms with van der Waals surface area (Å²) in [5.41, 5.74) is 2.76. The number of anilines is 1. The molecule has 0 aromatic heterocycles. The summed E-state index contributed by atoms with van der Waals surface area (Å²) in [4.78, 5) is 23.6. The van der Waals surface area contributed by atoms with Gasteiger partial charge < -0.3 is 19.5 Å². The smallest absolute Gasteiger partial charge is 0.344 e. The first-order valence-corrected chi connectivity index (χ1v) is 8.35. The van der Waals surface area contributed by atoms with Gasteiger partial charge in [0.25, 0.3) is 5.91 Å². The number of ether oxygens (including phenoxy) is 3. The van der Waals surface area contributed by atoms with Gasteiger partial charge in [-0.05, 0) is 68.3 Å². The molecule has 0 unspecified atom stereocenters. The molecule has 0 spiro atoms. The monoisotopic (exact) mass is 357 g/mol. The molecule has 138 valence electrons. The normalized spacial score (nSPS) is 10.1. The van der Waals surface area contributed by atoms with Crippen LogP contribution in [0, 0.1) is 13.8 Å². The van der Waals surface area contributed by atoms with Gasteiger partial charge in [0.1, 0.15) is 11.5 Å². The zero-order valence-electron chi connectivity index (χ0n) is 15.2. The second-order valence-corrected chi connectivity index (χ2v) is 5.78. The van der Waals surface area contributed by atoms with Gasteiger partial charge in [0.2, 0.25) is 0 Å². The molecule has 1 amide bonds. The fourth-order valence-electron chi connectivity index (χ4n) is 2.37. The van der Waals surface area contributed by atoms with E-state index in [4.69, 9.17) is 14.2 Å². The molecule has 1 N–H and O–H groups in total. The van der Waals surface area contributed by atoms with Crippen molar-refractivity contribution >= 4 is 17.6 Å². The van der Waals surface area contributed by atoms with Gasteiger partial charge in [0.05, 0.1) is 6.61 Å². The number of carbonyl (C=O) groups excluding carboxylic acids is 2. The van der Waals surface area contributed by atoms with E-state index in [1.807, 2.05) is 39.0 Å². The van der Waals surface area contributed by atoms with E-state index in [2.05, 4.69) is 5.32 Å². The summed E-state index contributed by atoms with van der Waals surface area (Å²) in [6.07, 6.45) is 0. The molecule has 0 aliphatic heterocycles. The molecule has 0 fully saturated rings. The van der Waals surface area contributed by atoms with Crippen LogP contribution >= 0.6 is 0 Å². The molecule has 0 bridgehead atoms. The van der Waals surface area contributed by atoms with Gasteiger partial charge in [0.15, 0.2) is 13.2 Å². The predicted molar refractivity (Wildman–Crippen MR) is 98.6 cm³/mol. The SMILES string of the molecule is CCOc1ccc(OCC(=O)OCC(=O)Nc2cc(C)cc(C)c2)cc1. The van der Waals surface area contributed by atoms with Gasteiger partial charge in [-0.25, -0.2) is 4.79 Å². The van der Waals surface area contributed by atoms with Crippen molar-refractivity contribution in [3.63, 3.8) is 0 Å². The van der Waals surface area contributed by atoms with Crippen molar-refractivity contribution in [2.75, 3.05) is 25.1 Å². The lowest BCUT2D eigenvalue weighted by molar-refractivity contribution is -0.149. The van der Waals surface area contributed by atoms with Crippen LogP contribution in [0.3, 0.4) is 0 Å². The number of hydrogen-bond donors (Lipinski definition) is 1. The third-order valence-electron chi connectivity index (χ3n) is 3.36. The standard InChI is InChI=1S/C20H23NO5/c1-4-24-17-5-7-18(8-6-17)25-13-20(23)26-12-19(22)21-16-10-14(2)9-15(3)11-16/h5-11H,4,12-13H2,1-3H3,(H,21,22). The molecule has 0 radical (unpaired) electrons. The van der Waals surface area contributed by atoms with E-state index in [1.54, 1.807) is 24.3 Å². The van der Waals surface area contributed by atoms with E-state index < -0.39 is 11.9 Å². The highest BCUT2D eigenvalue weighted by molar-refractivity contribution is 5.93. The lowest BCUT2D eigenvalue weighted by Crippen LogP contribution is -2.23. The lowest BCUT2D eigenvalue weighted by atomic mass is 10.1. The summed E-state index contributed by atoms with van der Waals surface area (Å²) in [5, 5.41) is 2.70. The van der Waals surface area contributed by atoms with Crippen molar-refractivity contribution in [2.24, 2.45) is 0 Å². The Balaban J connectivity index is 1.73. The maximum absolute atomic E-state index is 11.9. The number of aryl methyl sites for hydroxylation is 2. The molecule has 26 heavy (non-hydrogen) atoms. The molecule has 0 heterocycles. The van der Waals surface area contributed by atoms with E-state index in [0.717, 1.165) is 16.9 Å². The number of rotatable bonds is 8. The average Bonchev–Trinajstić information content (AvgIpc) is 2.59. The first-order chi connectivity index (χ1) is 12.5. The Morgan fingerprint density at radius 2 is 1.46 bits per heavy atom. The molecular formula is C20H23NO5. The Morgan fingerprint density at radius 1 is 0.885 bits per heavy atom. The third kappa shape index (κ3) is 6.47. The Kier molecular flexibility index (Phi) is 7.02. The molecule has 0 aliphatic rings. The third-order valence-corrected chi connectivity index (χ3v) is 3.36. The van der Waals surface area contributed by atoms with Crippen LogP contribution in [-0.4, -0.2) is 31.7 Å². The van der Waals surface area contributed by atoms with E-state index in [9.17, 15) is 9.59 Å².